The standard InChI is InChI=1S/C19H25NO4.C15H19NO4/c1-15(2)13-19(17(21)23-3)9-11-20(12-10-19)18(22)24-14-16-7-5-4-6-8-16;1-19-14(17)13-7-9-16(10-8-13)15(18)20-11-12-5-3-2-4-6-12/h4-8H,1,9-14H2,2-3H3;2-6,13H,7-11H2,1H3. The Morgan fingerprint density at radius 3 is 1.61 bits per heavy atom. The molecule has 0 aromatic heterocycles. The Hall–Kier alpha value is -4.34. The van der Waals surface area contributed by atoms with E-state index in [0.29, 0.717) is 58.3 Å². The molecule has 2 saturated heterocycles. The van der Waals surface area contributed by atoms with E-state index in [9.17, 15) is 19.2 Å². The van der Waals surface area contributed by atoms with Crippen LogP contribution >= 0.6 is 0 Å². The summed E-state index contributed by atoms with van der Waals surface area (Å²) < 4.78 is 20.3. The van der Waals surface area contributed by atoms with Gasteiger partial charge in [0.25, 0.3) is 0 Å². The summed E-state index contributed by atoms with van der Waals surface area (Å²) >= 11 is 0. The zero-order valence-corrected chi connectivity index (χ0v) is 26.0. The van der Waals surface area contributed by atoms with Gasteiger partial charge in [0.15, 0.2) is 0 Å². The average molecular weight is 609 g/mol. The van der Waals surface area contributed by atoms with Gasteiger partial charge in [-0.25, -0.2) is 9.59 Å². The molecule has 0 unspecified atom stereocenters. The first-order chi connectivity index (χ1) is 21.2. The Balaban J connectivity index is 0.000000244. The molecule has 0 spiro atoms. The predicted molar refractivity (Wildman–Crippen MR) is 164 cm³/mol. The molecule has 0 saturated carbocycles. The van der Waals surface area contributed by atoms with Gasteiger partial charge in [-0.2, -0.15) is 0 Å². The van der Waals surface area contributed by atoms with Crippen molar-refractivity contribution in [3.63, 3.8) is 0 Å². The third-order valence-electron chi connectivity index (χ3n) is 7.94. The van der Waals surface area contributed by atoms with E-state index in [0.717, 1.165) is 16.7 Å². The Kier molecular flexibility index (Phi) is 13.3. The number of carbonyl (C=O) groups excluding carboxylic acids is 4. The van der Waals surface area contributed by atoms with Crippen LogP contribution in [0.4, 0.5) is 9.59 Å². The molecule has 44 heavy (non-hydrogen) atoms. The molecule has 238 valence electrons. The second kappa shape index (κ2) is 17.1. The molecule has 2 aliphatic rings. The Morgan fingerprint density at radius 1 is 0.750 bits per heavy atom. The maximum absolute atomic E-state index is 12.2. The molecule has 2 aromatic carbocycles. The van der Waals surface area contributed by atoms with E-state index in [1.54, 1.807) is 9.80 Å². The molecule has 2 aliphatic heterocycles. The molecule has 4 rings (SSSR count). The summed E-state index contributed by atoms with van der Waals surface area (Å²) in [6.07, 6.45) is 2.32. The molecule has 2 amide bonds. The number of amides is 2. The van der Waals surface area contributed by atoms with Crippen LogP contribution in [0.1, 0.15) is 50.2 Å². The van der Waals surface area contributed by atoms with Gasteiger partial charge in [0.05, 0.1) is 25.6 Å². The second-order valence-electron chi connectivity index (χ2n) is 11.3. The lowest BCUT2D eigenvalue weighted by Crippen LogP contribution is -2.47. The van der Waals surface area contributed by atoms with E-state index in [-0.39, 0.29) is 43.3 Å². The fourth-order valence-electron chi connectivity index (χ4n) is 5.45. The van der Waals surface area contributed by atoms with E-state index in [1.807, 2.05) is 67.6 Å². The predicted octanol–water partition coefficient (Wildman–Crippen LogP) is 5.75. The number of hydrogen-bond acceptors (Lipinski definition) is 8. The van der Waals surface area contributed by atoms with E-state index in [1.165, 1.54) is 14.2 Å². The Bertz CT molecular complexity index is 1230. The van der Waals surface area contributed by atoms with E-state index in [2.05, 4.69) is 6.58 Å². The van der Waals surface area contributed by atoms with Gasteiger partial charge in [-0.15, -0.1) is 6.58 Å². The van der Waals surface area contributed by atoms with Gasteiger partial charge in [-0.05, 0) is 50.2 Å². The number of rotatable bonds is 8. The summed E-state index contributed by atoms with van der Waals surface area (Å²) in [6, 6.07) is 19.1. The molecule has 2 heterocycles. The highest BCUT2D eigenvalue weighted by Gasteiger charge is 2.43. The van der Waals surface area contributed by atoms with Gasteiger partial charge in [0.1, 0.15) is 13.2 Å². The van der Waals surface area contributed by atoms with Gasteiger partial charge in [-0.1, -0.05) is 66.2 Å². The number of allylic oxidation sites excluding steroid dienone is 1. The number of hydrogen-bond donors (Lipinski definition) is 0. The van der Waals surface area contributed by atoms with Crippen LogP contribution in [0.5, 0.6) is 0 Å². The summed E-state index contributed by atoms with van der Waals surface area (Å²) in [4.78, 5) is 51.0. The molecular formula is C34H44N2O8. The molecular weight excluding hydrogens is 564 g/mol. The lowest BCUT2D eigenvalue weighted by atomic mass is 9.74. The molecule has 2 fully saturated rings. The molecule has 10 heteroatoms. The quantitative estimate of drug-likeness (QED) is 0.212. The van der Waals surface area contributed by atoms with Crippen molar-refractivity contribution in [2.24, 2.45) is 11.3 Å². The second-order valence-corrected chi connectivity index (χ2v) is 11.3. The zero-order chi connectivity index (χ0) is 32.0. The first kappa shape index (κ1) is 34.2. The minimum atomic E-state index is -0.573. The smallest absolute Gasteiger partial charge is 0.410 e. The largest absolute Gasteiger partial charge is 0.469 e. The van der Waals surface area contributed by atoms with Crippen molar-refractivity contribution in [1.29, 1.82) is 0 Å². The van der Waals surface area contributed by atoms with Crippen molar-refractivity contribution in [1.82, 2.24) is 9.80 Å². The lowest BCUT2D eigenvalue weighted by molar-refractivity contribution is -0.155. The van der Waals surface area contributed by atoms with Crippen LogP contribution < -0.4 is 0 Å². The molecule has 0 N–H and O–H groups in total. The van der Waals surface area contributed by atoms with Crippen LogP contribution in [0, 0.1) is 11.3 Å². The molecule has 0 atom stereocenters. The monoisotopic (exact) mass is 608 g/mol. The number of likely N-dealkylation sites (tertiary alicyclic amines) is 2. The van der Waals surface area contributed by atoms with Crippen molar-refractivity contribution in [3.8, 4) is 0 Å². The number of carbonyl (C=O) groups is 4. The summed E-state index contributed by atoms with van der Waals surface area (Å²) in [5, 5.41) is 0. The molecule has 0 bridgehead atoms. The van der Waals surface area contributed by atoms with Crippen molar-refractivity contribution in [3.05, 3.63) is 83.9 Å². The van der Waals surface area contributed by atoms with Crippen LogP contribution in [0.3, 0.4) is 0 Å². The van der Waals surface area contributed by atoms with Crippen molar-refractivity contribution < 1.29 is 38.1 Å². The highest BCUT2D eigenvalue weighted by atomic mass is 16.6. The average Bonchev–Trinajstić information content (AvgIpc) is 3.06. The van der Waals surface area contributed by atoms with Gasteiger partial charge in [-0.3, -0.25) is 9.59 Å². The van der Waals surface area contributed by atoms with E-state index < -0.39 is 5.41 Å². The zero-order valence-electron chi connectivity index (χ0n) is 26.0. The highest BCUT2D eigenvalue weighted by Crippen LogP contribution is 2.38. The maximum Gasteiger partial charge on any atom is 0.410 e. The highest BCUT2D eigenvalue weighted by molar-refractivity contribution is 5.78. The van der Waals surface area contributed by atoms with Gasteiger partial charge in [0, 0.05) is 26.2 Å². The van der Waals surface area contributed by atoms with Crippen molar-refractivity contribution in [2.45, 2.75) is 52.2 Å². The van der Waals surface area contributed by atoms with Crippen LogP contribution in [-0.2, 0) is 41.8 Å². The normalized spacial score (nSPS) is 16.1. The number of benzene rings is 2. The topological polar surface area (TPSA) is 112 Å². The Labute approximate surface area is 259 Å². The van der Waals surface area contributed by atoms with Gasteiger partial charge >= 0.3 is 24.1 Å². The lowest BCUT2D eigenvalue weighted by Gasteiger charge is -2.39. The molecule has 10 nitrogen and oxygen atoms in total. The number of esters is 2. The van der Waals surface area contributed by atoms with Crippen LogP contribution in [0.15, 0.2) is 72.8 Å². The van der Waals surface area contributed by atoms with Crippen LogP contribution in [0.25, 0.3) is 0 Å². The Morgan fingerprint density at radius 2 is 1.20 bits per heavy atom. The summed E-state index contributed by atoms with van der Waals surface area (Å²) in [6.45, 7) is 8.39. The minimum Gasteiger partial charge on any atom is -0.469 e. The third kappa shape index (κ3) is 10.1. The van der Waals surface area contributed by atoms with Crippen LogP contribution in [-0.4, -0.2) is 74.3 Å². The number of piperidine rings is 2. The van der Waals surface area contributed by atoms with Gasteiger partial charge < -0.3 is 28.7 Å². The third-order valence-corrected chi connectivity index (χ3v) is 7.94. The fraction of sp³-hybridized carbons (Fsp3) is 0.471. The SMILES string of the molecule is C=C(C)CC1(C(=O)OC)CCN(C(=O)OCc2ccccc2)CC1.COC(=O)C1CCN(C(=O)OCc2ccccc2)CC1. The molecule has 2 aromatic rings. The summed E-state index contributed by atoms with van der Waals surface area (Å²) in [5.41, 5.74) is 2.29. The minimum absolute atomic E-state index is 0.0989. The maximum atomic E-state index is 12.2. The van der Waals surface area contributed by atoms with Crippen molar-refractivity contribution in [2.75, 3.05) is 40.4 Å². The summed E-state index contributed by atoms with van der Waals surface area (Å²) in [7, 11) is 2.80. The fourth-order valence-corrected chi connectivity index (χ4v) is 5.45. The van der Waals surface area contributed by atoms with E-state index >= 15 is 0 Å². The first-order valence-electron chi connectivity index (χ1n) is 14.9. The number of ether oxygens (including phenoxy) is 4. The van der Waals surface area contributed by atoms with Crippen molar-refractivity contribution >= 4 is 24.1 Å². The molecule has 0 radical (unpaired) electrons. The number of methoxy groups -OCH3 is 2. The van der Waals surface area contributed by atoms with Crippen LogP contribution in [0.2, 0.25) is 0 Å². The van der Waals surface area contributed by atoms with E-state index in [4.69, 9.17) is 18.9 Å². The summed E-state index contributed by atoms with van der Waals surface area (Å²) in [5.74, 6) is -0.511. The molecule has 0 aliphatic carbocycles. The first-order valence-corrected chi connectivity index (χ1v) is 14.9. The van der Waals surface area contributed by atoms with Gasteiger partial charge in [0.2, 0.25) is 0 Å². The number of nitrogens with zero attached hydrogens (tertiary/aromatic N) is 2.